The second kappa shape index (κ2) is 9.11. The summed E-state index contributed by atoms with van der Waals surface area (Å²) in [5, 5.41) is 0. The van der Waals surface area contributed by atoms with E-state index in [9.17, 15) is 22.8 Å². The molecule has 0 atom stereocenters. The third-order valence-corrected chi connectivity index (χ3v) is 4.61. The summed E-state index contributed by atoms with van der Waals surface area (Å²) in [5.74, 6) is 0.702. The van der Waals surface area contributed by atoms with Gasteiger partial charge in [0.05, 0.1) is 12.1 Å². The highest BCUT2D eigenvalue weighted by Crippen LogP contribution is 2.30. The molecular weight excluding hydrogens is 441 g/mol. The zero-order chi connectivity index (χ0) is 23.4. The molecule has 33 heavy (non-hydrogen) atoms. The second-order valence-electron chi connectivity index (χ2n) is 7.05. The smallest absolute Gasteiger partial charge is 0.440 e. The fraction of sp³-hybridized carbons (Fsp3) is 0.130. The summed E-state index contributed by atoms with van der Waals surface area (Å²) in [5.41, 5.74) is -0.0195. The van der Waals surface area contributed by atoms with Gasteiger partial charge in [-0.05, 0) is 47.5 Å². The van der Waals surface area contributed by atoms with Crippen LogP contribution in [0.5, 0.6) is 17.2 Å². The monoisotopic (exact) mass is 458 g/mol. The Morgan fingerprint density at radius 2 is 1.52 bits per heavy atom. The molecule has 1 N–H and O–H groups in total. The highest BCUT2D eigenvalue weighted by atomic mass is 19.4. The van der Waals surface area contributed by atoms with Crippen LogP contribution in [0.1, 0.15) is 16.7 Å². The van der Waals surface area contributed by atoms with Gasteiger partial charge in [0.2, 0.25) is 0 Å². The normalized spacial score (nSPS) is 11.4. The van der Waals surface area contributed by atoms with Crippen LogP contribution in [-0.4, -0.2) is 9.72 Å². The predicted octanol–water partition coefficient (Wildman–Crippen LogP) is 4.57. The third kappa shape index (κ3) is 5.73. The van der Waals surface area contributed by atoms with Crippen molar-refractivity contribution in [2.24, 2.45) is 0 Å². The van der Waals surface area contributed by atoms with Crippen molar-refractivity contribution < 1.29 is 27.2 Å². The average molecular weight is 458 g/mol. The molecule has 170 valence electrons. The Labute approximate surface area is 184 Å². The molecule has 7 nitrogen and oxygen atoms in total. The van der Waals surface area contributed by atoms with Gasteiger partial charge in [-0.1, -0.05) is 30.3 Å². The van der Waals surface area contributed by atoms with Gasteiger partial charge in [0.1, 0.15) is 23.9 Å². The molecule has 10 heteroatoms. The van der Waals surface area contributed by atoms with E-state index in [1.54, 1.807) is 48.5 Å². The SMILES string of the molecule is O=c1[nH]c(=O)n(Cc2ccc(Oc3cccc(OCc4ccc(C(F)(F)F)cc4)c3)cc2)o1. The second-order valence-corrected chi connectivity index (χ2v) is 7.05. The van der Waals surface area contributed by atoms with E-state index in [2.05, 4.69) is 0 Å². The van der Waals surface area contributed by atoms with Gasteiger partial charge >= 0.3 is 17.6 Å². The third-order valence-electron chi connectivity index (χ3n) is 4.61. The zero-order valence-corrected chi connectivity index (χ0v) is 17.0. The molecular formula is C23H17F3N2O5. The zero-order valence-electron chi connectivity index (χ0n) is 17.0. The Balaban J connectivity index is 1.36. The molecule has 0 bridgehead atoms. The number of benzene rings is 3. The lowest BCUT2D eigenvalue weighted by molar-refractivity contribution is -0.137. The van der Waals surface area contributed by atoms with E-state index in [1.807, 2.05) is 4.98 Å². The Kier molecular flexibility index (Phi) is 6.07. The number of aromatic nitrogens is 2. The summed E-state index contributed by atoms with van der Waals surface area (Å²) >= 11 is 0. The van der Waals surface area contributed by atoms with Gasteiger partial charge in [0.25, 0.3) is 0 Å². The van der Waals surface area contributed by atoms with Crippen LogP contribution in [0, 0.1) is 0 Å². The number of alkyl halides is 3. The molecule has 0 radical (unpaired) electrons. The van der Waals surface area contributed by atoms with Crippen molar-refractivity contribution in [3.63, 3.8) is 0 Å². The van der Waals surface area contributed by atoms with Gasteiger partial charge in [0.15, 0.2) is 0 Å². The maximum atomic E-state index is 12.7. The molecule has 0 unspecified atom stereocenters. The molecule has 0 fully saturated rings. The van der Waals surface area contributed by atoms with E-state index >= 15 is 0 Å². The summed E-state index contributed by atoms with van der Waals surface area (Å²) in [6.07, 6.45) is -4.38. The lowest BCUT2D eigenvalue weighted by atomic mass is 10.1. The number of H-pyrrole nitrogens is 1. The molecule has 0 aliphatic heterocycles. The highest BCUT2D eigenvalue weighted by Gasteiger charge is 2.29. The first kappa shape index (κ1) is 22.0. The lowest BCUT2D eigenvalue weighted by Gasteiger charge is -2.11. The van der Waals surface area contributed by atoms with Crippen LogP contribution < -0.4 is 20.9 Å². The molecule has 4 aromatic rings. The Morgan fingerprint density at radius 3 is 2.15 bits per heavy atom. The van der Waals surface area contributed by atoms with Crippen molar-refractivity contribution in [1.29, 1.82) is 0 Å². The van der Waals surface area contributed by atoms with E-state index in [4.69, 9.17) is 14.0 Å². The molecule has 0 spiro atoms. The molecule has 1 aromatic heterocycles. The number of hydrogen-bond donors (Lipinski definition) is 1. The van der Waals surface area contributed by atoms with Crippen LogP contribution in [0.4, 0.5) is 13.2 Å². The maximum Gasteiger partial charge on any atom is 0.440 e. The van der Waals surface area contributed by atoms with Crippen LogP contribution in [0.2, 0.25) is 0 Å². The molecule has 3 aromatic carbocycles. The van der Waals surface area contributed by atoms with Crippen molar-refractivity contribution in [2.75, 3.05) is 0 Å². The van der Waals surface area contributed by atoms with E-state index in [-0.39, 0.29) is 13.2 Å². The van der Waals surface area contributed by atoms with Gasteiger partial charge in [-0.2, -0.15) is 13.2 Å². The summed E-state index contributed by atoms with van der Waals surface area (Å²) in [7, 11) is 0. The van der Waals surface area contributed by atoms with Crippen LogP contribution in [0.3, 0.4) is 0 Å². The number of halogens is 3. The average Bonchev–Trinajstić information content (AvgIpc) is 3.10. The number of hydrogen-bond acceptors (Lipinski definition) is 5. The molecule has 0 aliphatic rings. The molecule has 0 amide bonds. The van der Waals surface area contributed by atoms with Crippen LogP contribution in [-0.2, 0) is 19.3 Å². The summed E-state index contributed by atoms with van der Waals surface area (Å²) in [6.45, 7) is 0.191. The number of ether oxygens (including phenoxy) is 2. The van der Waals surface area contributed by atoms with E-state index in [0.717, 1.165) is 22.4 Å². The van der Waals surface area contributed by atoms with E-state index in [1.165, 1.54) is 12.1 Å². The largest absolute Gasteiger partial charge is 0.489 e. The molecule has 4 rings (SSSR count). The van der Waals surface area contributed by atoms with E-state index in [0.29, 0.717) is 22.8 Å². The van der Waals surface area contributed by atoms with Crippen molar-refractivity contribution in [2.45, 2.75) is 19.3 Å². The topological polar surface area (TPSA) is 86.5 Å². The number of rotatable bonds is 7. The minimum atomic E-state index is -4.38. The van der Waals surface area contributed by atoms with Gasteiger partial charge in [-0.15, -0.1) is 4.74 Å². The van der Waals surface area contributed by atoms with E-state index < -0.39 is 23.2 Å². The Morgan fingerprint density at radius 1 is 0.848 bits per heavy atom. The Hall–Kier alpha value is -4.21. The summed E-state index contributed by atoms with van der Waals surface area (Å²) in [4.78, 5) is 24.6. The van der Waals surface area contributed by atoms with Crippen molar-refractivity contribution >= 4 is 0 Å². The van der Waals surface area contributed by atoms with Gasteiger partial charge in [-0.3, -0.25) is 0 Å². The maximum absolute atomic E-state index is 12.7. The van der Waals surface area contributed by atoms with Crippen molar-refractivity contribution in [1.82, 2.24) is 9.72 Å². The van der Waals surface area contributed by atoms with Gasteiger partial charge in [0, 0.05) is 6.07 Å². The molecule has 1 heterocycles. The van der Waals surface area contributed by atoms with Gasteiger partial charge in [-0.25, -0.2) is 14.6 Å². The number of nitrogens with one attached hydrogen (secondary N) is 1. The Bertz CT molecular complexity index is 1340. The highest BCUT2D eigenvalue weighted by molar-refractivity contribution is 5.38. The first-order chi connectivity index (χ1) is 15.8. The van der Waals surface area contributed by atoms with Crippen LogP contribution >= 0.6 is 0 Å². The molecule has 0 saturated carbocycles. The molecule has 0 saturated heterocycles. The van der Waals surface area contributed by atoms with Crippen LogP contribution in [0.25, 0.3) is 0 Å². The number of nitrogens with zero attached hydrogens (tertiary/aromatic N) is 1. The minimum Gasteiger partial charge on any atom is -0.489 e. The first-order valence-electron chi connectivity index (χ1n) is 9.72. The summed E-state index contributed by atoms with van der Waals surface area (Å²) < 4.78 is 55.1. The quantitative estimate of drug-likeness (QED) is 0.439. The fourth-order valence-electron chi connectivity index (χ4n) is 2.97. The fourth-order valence-corrected chi connectivity index (χ4v) is 2.97. The summed E-state index contributed by atoms with van der Waals surface area (Å²) in [6, 6.07) is 18.4. The van der Waals surface area contributed by atoms with Crippen molar-refractivity contribution in [3.05, 3.63) is 111 Å². The number of aromatic amines is 1. The minimum absolute atomic E-state index is 0.0884. The predicted molar refractivity (Wildman–Crippen MR) is 111 cm³/mol. The standard InChI is InChI=1S/C23H17F3N2O5/c24-23(25,26)17-8-4-16(5-9-17)14-31-19-2-1-3-20(12-19)32-18-10-6-15(7-11-18)13-28-21(29)27-22(30)33-28/h1-12H,13-14H2,(H,27,29,30). The lowest BCUT2D eigenvalue weighted by Crippen LogP contribution is -2.17. The molecule has 0 aliphatic carbocycles. The first-order valence-corrected chi connectivity index (χ1v) is 9.72. The van der Waals surface area contributed by atoms with Crippen LogP contribution in [0.15, 0.2) is 86.9 Å². The van der Waals surface area contributed by atoms with Crippen molar-refractivity contribution in [3.8, 4) is 17.2 Å². The van der Waals surface area contributed by atoms with Gasteiger partial charge < -0.3 is 14.0 Å².